The molecule has 1 fully saturated rings. The van der Waals surface area contributed by atoms with E-state index < -0.39 is 0 Å². The van der Waals surface area contributed by atoms with Gasteiger partial charge in [-0.05, 0) is 61.4 Å². The maximum Gasteiger partial charge on any atom is 0.226 e. The molecule has 0 spiro atoms. The van der Waals surface area contributed by atoms with Crippen LogP contribution >= 0.6 is 0 Å². The van der Waals surface area contributed by atoms with Crippen molar-refractivity contribution in [2.75, 3.05) is 20.3 Å². The van der Waals surface area contributed by atoms with Crippen LogP contribution in [0.2, 0.25) is 0 Å². The molecule has 1 unspecified atom stereocenters. The van der Waals surface area contributed by atoms with Gasteiger partial charge in [-0.2, -0.15) is 0 Å². The van der Waals surface area contributed by atoms with Crippen LogP contribution < -0.4 is 10.1 Å². The molecule has 1 saturated heterocycles. The van der Waals surface area contributed by atoms with Crippen molar-refractivity contribution in [3.05, 3.63) is 54.1 Å². The van der Waals surface area contributed by atoms with Crippen LogP contribution in [0.1, 0.15) is 38.7 Å². The maximum atomic E-state index is 13.1. The lowest BCUT2D eigenvalue weighted by Gasteiger charge is -2.37. The lowest BCUT2D eigenvalue weighted by molar-refractivity contribution is -0.137. The van der Waals surface area contributed by atoms with Crippen LogP contribution in [0.25, 0.3) is 11.1 Å². The van der Waals surface area contributed by atoms with Crippen LogP contribution in [0.15, 0.2) is 48.5 Å². The van der Waals surface area contributed by atoms with E-state index in [4.69, 9.17) is 9.47 Å². The molecule has 2 aromatic carbocycles. The van der Waals surface area contributed by atoms with Crippen molar-refractivity contribution >= 4 is 5.91 Å². The SMILES string of the molecule is CCC(C)NC(=O)C1(Cc2cccc(-c3ccc(OC)cc3)c2)CCOCC1. The number of hydrogen-bond acceptors (Lipinski definition) is 3. The van der Waals surface area contributed by atoms with Gasteiger partial charge in [-0.25, -0.2) is 0 Å². The Morgan fingerprint density at radius 2 is 1.86 bits per heavy atom. The number of nitrogens with one attached hydrogen (secondary N) is 1. The molecule has 1 aliphatic rings. The largest absolute Gasteiger partial charge is 0.497 e. The second-order valence-corrected chi connectivity index (χ2v) is 7.78. The van der Waals surface area contributed by atoms with Crippen molar-refractivity contribution in [2.24, 2.45) is 5.41 Å². The number of hydrogen-bond donors (Lipinski definition) is 1. The Kier molecular flexibility index (Phi) is 6.74. The van der Waals surface area contributed by atoms with E-state index in [0.717, 1.165) is 42.6 Å². The molecular formula is C24H31NO3. The number of carbonyl (C=O) groups excluding carboxylic acids is 1. The Morgan fingerprint density at radius 3 is 2.50 bits per heavy atom. The highest BCUT2D eigenvalue weighted by Crippen LogP contribution is 2.36. The van der Waals surface area contributed by atoms with E-state index in [0.29, 0.717) is 13.2 Å². The molecule has 0 bridgehead atoms. The topological polar surface area (TPSA) is 47.6 Å². The molecule has 1 aliphatic heterocycles. The zero-order chi connectivity index (χ0) is 20.0. The molecular weight excluding hydrogens is 350 g/mol. The first-order valence-corrected chi connectivity index (χ1v) is 10.2. The Morgan fingerprint density at radius 1 is 1.14 bits per heavy atom. The minimum absolute atomic E-state index is 0.167. The van der Waals surface area contributed by atoms with Crippen molar-refractivity contribution in [3.8, 4) is 16.9 Å². The van der Waals surface area contributed by atoms with Crippen LogP contribution in [0.4, 0.5) is 0 Å². The average molecular weight is 382 g/mol. The number of methoxy groups -OCH3 is 1. The number of benzene rings is 2. The van der Waals surface area contributed by atoms with Crippen molar-refractivity contribution < 1.29 is 14.3 Å². The van der Waals surface area contributed by atoms with Crippen LogP contribution in [0.5, 0.6) is 5.75 Å². The third kappa shape index (κ3) is 4.74. The molecule has 0 saturated carbocycles. The van der Waals surface area contributed by atoms with Crippen molar-refractivity contribution in [3.63, 3.8) is 0 Å². The normalized spacial score (nSPS) is 17.0. The van der Waals surface area contributed by atoms with Gasteiger partial charge >= 0.3 is 0 Å². The predicted molar refractivity (Wildman–Crippen MR) is 113 cm³/mol. The van der Waals surface area contributed by atoms with Gasteiger partial charge in [0.1, 0.15) is 5.75 Å². The molecule has 0 aromatic heterocycles. The fraction of sp³-hybridized carbons (Fsp3) is 0.458. The minimum Gasteiger partial charge on any atom is -0.497 e. The third-order valence-corrected chi connectivity index (χ3v) is 5.81. The van der Waals surface area contributed by atoms with E-state index in [1.165, 1.54) is 5.56 Å². The summed E-state index contributed by atoms with van der Waals surface area (Å²) >= 11 is 0. The molecule has 28 heavy (non-hydrogen) atoms. The van der Waals surface area contributed by atoms with Crippen molar-refractivity contribution in [2.45, 2.75) is 45.6 Å². The molecule has 1 amide bonds. The van der Waals surface area contributed by atoms with E-state index in [1.54, 1.807) is 7.11 Å². The molecule has 150 valence electrons. The zero-order valence-corrected chi connectivity index (χ0v) is 17.2. The highest BCUT2D eigenvalue weighted by Gasteiger charge is 2.40. The summed E-state index contributed by atoms with van der Waals surface area (Å²) in [5.74, 6) is 1.02. The van der Waals surface area contributed by atoms with Gasteiger partial charge in [0.05, 0.1) is 12.5 Å². The summed E-state index contributed by atoms with van der Waals surface area (Å²) in [6.07, 6.45) is 3.21. The molecule has 0 aliphatic carbocycles. The van der Waals surface area contributed by atoms with Crippen molar-refractivity contribution in [1.82, 2.24) is 5.32 Å². The van der Waals surface area contributed by atoms with Gasteiger partial charge in [-0.1, -0.05) is 43.3 Å². The summed E-state index contributed by atoms with van der Waals surface area (Å²) in [6.45, 7) is 5.45. The van der Waals surface area contributed by atoms with Gasteiger partial charge in [0.25, 0.3) is 0 Å². The predicted octanol–water partition coefficient (Wildman–Crippen LogP) is 4.62. The smallest absolute Gasteiger partial charge is 0.226 e. The average Bonchev–Trinajstić information content (AvgIpc) is 2.74. The first kappa shape index (κ1) is 20.4. The number of rotatable bonds is 7. The molecule has 1 heterocycles. The van der Waals surface area contributed by atoms with Crippen LogP contribution in [0.3, 0.4) is 0 Å². The second kappa shape index (κ2) is 9.24. The molecule has 0 radical (unpaired) electrons. The lowest BCUT2D eigenvalue weighted by Crippen LogP contribution is -2.48. The summed E-state index contributed by atoms with van der Waals surface area (Å²) in [5, 5.41) is 3.21. The quantitative estimate of drug-likeness (QED) is 0.761. The van der Waals surface area contributed by atoms with Gasteiger partial charge in [-0.3, -0.25) is 4.79 Å². The number of carbonyl (C=O) groups is 1. The number of ether oxygens (including phenoxy) is 2. The molecule has 4 nitrogen and oxygen atoms in total. The van der Waals surface area contributed by atoms with Gasteiger partial charge in [0.2, 0.25) is 5.91 Å². The monoisotopic (exact) mass is 381 g/mol. The highest BCUT2D eigenvalue weighted by molar-refractivity contribution is 5.83. The third-order valence-electron chi connectivity index (χ3n) is 5.81. The highest BCUT2D eigenvalue weighted by atomic mass is 16.5. The van der Waals surface area contributed by atoms with E-state index in [2.05, 4.69) is 55.6 Å². The summed E-state index contributed by atoms with van der Waals surface area (Å²) in [5.41, 5.74) is 3.10. The lowest BCUT2D eigenvalue weighted by atomic mass is 9.74. The molecule has 4 heteroatoms. The Hall–Kier alpha value is -2.33. The van der Waals surface area contributed by atoms with Gasteiger partial charge in [-0.15, -0.1) is 0 Å². The van der Waals surface area contributed by atoms with Crippen molar-refractivity contribution in [1.29, 1.82) is 0 Å². The fourth-order valence-electron chi connectivity index (χ4n) is 3.76. The zero-order valence-electron chi connectivity index (χ0n) is 17.2. The first-order chi connectivity index (χ1) is 13.6. The Balaban J connectivity index is 1.83. The van der Waals surface area contributed by atoms with E-state index >= 15 is 0 Å². The van der Waals surface area contributed by atoms with Gasteiger partial charge < -0.3 is 14.8 Å². The molecule has 2 aromatic rings. The standard InChI is InChI=1S/C24H31NO3/c1-4-18(2)25-23(26)24(12-14-28-15-13-24)17-19-6-5-7-21(16-19)20-8-10-22(27-3)11-9-20/h5-11,16,18H,4,12-15,17H2,1-3H3,(H,25,26). The summed E-state index contributed by atoms with van der Waals surface area (Å²) in [4.78, 5) is 13.1. The molecule has 1 N–H and O–H groups in total. The fourth-order valence-corrected chi connectivity index (χ4v) is 3.76. The van der Waals surface area contributed by atoms with Gasteiger partial charge in [0, 0.05) is 19.3 Å². The minimum atomic E-state index is -0.389. The summed E-state index contributed by atoms with van der Waals surface area (Å²) in [7, 11) is 1.67. The van der Waals surface area contributed by atoms with E-state index in [-0.39, 0.29) is 17.4 Å². The Bertz CT molecular complexity index is 779. The van der Waals surface area contributed by atoms with Crippen LogP contribution in [0, 0.1) is 5.41 Å². The second-order valence-electron chi connectivity index (χ2n) is 7.78. The number of amides is 1. The summed E-state index contributed by atoms with van der Waals surface area (Å²) < 4.78 is 10.8. The molecule has 1 atom stereocenters. The Labute approximate surface area is 168 Å². The van der Waals surface area contributed by atoms with Gasteiger partial charge in [0.15, 0.2) is 0 Å². The first-order valence-electron chi connectivity index (χ1n) is 10.2. The van der Waals surface area contributed by atoms with Crippen LogP contribution in [-0.2, 0) is 16.0 Å². The van der Waals surface area contributed by atoms with Crippen LogP contribution in [-0.4, -0.2) is 32.3 Å². The summed E-state index contributed by atoms with van der Waals surface area (Å²) in [6, 6.07) is 16.8. The van der Waals surface area contributed by atoms with E-state index in [1.807, 2.05) is 12.1 Å². The maximum absolute atomic E-state index is 13.1. The van der Waals surface area contributed by atoms with E-state index in [9.17, 15) is 4.79 Å². The molecule has 3 rings (SSSR count).